The van der Waals surface area contributed by atoms with Crippen molar-refractivity contribution in [3.05, 3.63) is 41.5 Å². The molecular weight excluding hydrogens is 236 g/mol. The van der Waals surface area contributed by atoms with E-state index in [-0.39, 0.29) is 11.2 Å². The van der Waals surface area contributed by atoms with Crippen molar-refractivity contribution >= 4 is 16.6 Å². The van der Waals surface area contributed by atoms with Gasteiger partial charge in [-0.2, -0.15) is 0 Å². The number of benzene rings is 2. The molecule has 0 atom stereocenters. The Hall–Kier alpha value is -1.83. The first-order chi connectivity index (χ1) is 9.03. The van der Waals surface area contributed by atoms with Crippen molar-refractivity contribution in [2.45, 2.75) is 32.1 Å². The molecule has 1 aliphatic rings. The second-order valence-corrected chi connectivity index (χ2v) is 5.88. The lowest BCUT2D eigenvalue weighted by atomic mass is 9.71. The number of methoxy groups -OCH3 is 1. The highest BCUT2D eigenvalue weighted by Crippen LogP contribution is 2.40. The van der Waals surface area contributed by atoms with Gasteiger partial charge in [-0.25, -0.2) is 0 Å². The Labute approximate surface area is 113 Å². The molecule has 0 saturated heterocycles. The summed E-state index contributed by atoms with van der Waals surface area (Å²) in [6, 6.07) is 10.1. The molecule has 0 radical (unpaired) electrons. The van der Waals surface area contributed by atoms with Crippen LogP contribution in [0.1, 0.15) is 42.6 Å². The molecule has 3 rings (SSSR count). The number of ether oxygens (including phenoxy) is 1. The van der Waals surface area contributed by atoms with E-state index in [0.717, 1.165) is 28.5 Å². The number of carbonyl (C=O) groups excluding carboxylic acids is 1. The lowest BCUT2D eigenvalue weighted by Crippen LogP contribution is -2.27. The highest BCUT2D eigenvalue weighted by Gasteiger charge is 2.32. The predicted octanol–water partition coefficient (Wildman–Crippen LogP) is 4.10. The Bertz CT molecular complexity index is 668. The molecule has 0 heterocycles. The maximum atomic E-state index is 12.3. The Morgan fingerprint density at radius 2 is 1.95 bits per heavy atom. The van der Waals surface area contributed by atoms with Crippen molar-refractivity contribution in [2.24, 2.45) is 0 Å². The number of hydrogen-bond acceptors (Lipinski definition) is 2. The van der Waals surface area contributed by atoms with Crippen LogP contribution < -0.4 is 4.74 Å². The van der Waals surface area contributed by atoms with Crippen molar-refractivity contribution < 1.29 is 9.53 Å². The average Bonchev–Trinajstić information content (AvgIpc) is 2.41. The van der Waals surface area contributed by atoms with Gasteiger partial charge in [-0.15, -0.1) is 0 Å². The molecule has 0 amide bonds. The summed E-state index contributed by atoms with van der Waals surface area (Å²) >= 11 is 0. The summed E-state index contributed by atoms with van der Waals surface area (Å²) in [6.07, 6.45) is 1.58. The molecule has 2 nitrogen and oxygen atoms in total. The summed E-state index contributed by atoms with van der Waals surface area (Å²) < 4.78 is 5.25. The molecule has 1 aliphatic carbocycles. The number of Topliss-reactive ketones (excluding diaryl/α,β-unsaturated/α-hetero) is 1. The summed E-state index contributed by atoms with van der Waals surface area (Å²) in [5, 5.41) is 2.13. The van der Waals surface area contributed by atoms with E-state index >= 15 is 0 Å². The third kappa shape index (κ3) is 1.83. The van der Waals surface area contributed by atoms with Gasteiger partial charge < -0.3 is 4.74 Å². The van der Waals surface area contributed by atoms with E-state index in [1.54, 1.807) is 7.11 Å². The number of carbonyl (C=O) groups is 1. The van der Waals surface area contributed by atoms with Crippen LogP contribution in [-0.2, 0) is 5.41 Å². The minimum Gasteiger partial charge on any atom is -0.497 e. The lowest BCUT2D eigenvalue weighted by Gasteiger charge is -2.32. The van der Waals surface area contributed by atoms with E-state index in [1.807, 2.05) is 18.2 Å². The van der Waals surface area contributed by atoms with Crippen LogP contribution in [-0.4, -0.2) is 12.9 Å². The first kappa shape index (κ1) is 12.2. The largest absolute Gasteiger partial charge is 0.497 e. The number of fused-ring (bicyclic) bond motifs is 3. The van der Waals surface area contributed by atoms with E-state index in [4.69, 9.17) is 4.74 Å². The normalized spacial score (nSPS) is 17.3. The molecule has 0 aliphatic heterocycles. The van der Waals surface area contributed by atoms with Gasteiger partial charge >= 0.3 is 0 Å². The van der Waals surface area contributed by atoms with Crippen LogP contribution in [0.4, 0.5) is 0 Å². The van der Waals surface area contributed by atoms with Crippen molar-refractivity contribution in [1.82, 2.24) is 0 Å². The third-order valence-corrected chi connectivity index (χ3v) is 4.21. The molecule has 0 N–H and O–H groups in total. The van der Waals surface area contributed by atoms with E-state index in [9.17, 15) is 4.79 Å². The summed E-state index contributed by atoms with van der Waals surface area (Å²) in [6.45, 7) is 4.43. The van der Waals surface area contributed by atoms with Crippen molar-refractivity contribution in [2.75, 3.05) is 7.11 Å². The molecule has 0 fully saturated rings. The summed E-state index contributed by atoms with van der Waals surface area (Å²) in [5.41, 5.74) is 2.18. The molecule has 98 valence electrons. The fourth-order valence-corrected chi connectivity index (χ4v) is 2.98. The number of ketones is 1. The molecule has 0 saturated carbocycles. The van der Waals surface area contributed by atoms with E-state index in [0.29, 0.717) is 6.42 Å². The van der Waals surface area contributed by atoms with Crippen molar-refractivity contribution in [3.63, 3.8) is 0 Å². The van der Waals surface area contributed by atoms with Gasteiger partial charge in [0, 0.05) is 12.0 Å². The quantitative estimate of drug-likeness (QED) is 0.765. The standard InChI is InChI=1S/C17H18O2/c1-17(2)9-8-15(18)16-13-6-5-12(19-3)10-11(13)4-7-14(16)17/h4-7,10H,8-9H2,1-3H3. The number of hydrogen-bond donors (Lipinski definition) is 0. The highest BCUT2D eigenvalue weighted by atomic mass is 16.5. The van der Waals surface area contributed by atoms with Crippen LogP contribution in [0.15, 0.2) is 30.3 Å². The SMILES string of the molecule is COc1ccc2c3c(ccc2c1)C(C)(C)CCC3=O. The molecule has 0 unspecified atom stereocenters. The molecule has 19 heavy (non-hydrogen) atoms. The highest BCUT2D eigenvalue weighted by molar-refractivity contribution is 6.10. The average molecular weight is 254 g/mol. The molecule has 2 aromatic carbocycles. The molecule has 0 spiro atoms. The zero-order chi connectivity index (χ0) is 13.6. The van der Waals surface area contributed by atoms with E-state index in [2.05, 4.69) is 26.0 Å². The van der Waals surface area contributed by atoms with Gasteiger partial charge in [0.2, 0.25) is 0 Å². The maximum absolute atomic E-state index is 12.3. The fourth-order valence-electron chi connectivity index (χ4n) is 2.98. The van der Waals surface area contributed by atoms with Gasteiger partial charge in [0.15, 0.2) is 5.78 Å². The topological polar surface area (TPSA) is 26.3 Å². The van der Waals surface area contributed by atoms with E-state index in [1.165, 1.54) is 5.56 Å². The van der Waals surface area contributed by atoms with E-state index < -0.39 is 0 Å². The monoisotopic (exact) mass is 254 g/mol. The molecular formula is C17H18O2. The third-order valence-electron chi connectivity index (χ3n) is 4.21. The zero-order valence-electron chi connectivity index (χ0n) is 11.6. The molecule has 0 bridgehead atoms. The number of rotatable bonds is 1. The fraction of sp³-hybridized carbons (Fsp3) is 0.353. The van der Waals surface area contributed by atoms with Crippen molar-refractivity contribution in [3.8, 4) is 5.75 Å². The Balaban J connectivity index is 2.33. The van der Waals surface area contributed by atoms with Gasteiger partial charge in [-0.3, -0.25) is 4.79 Å². The Morgan fingerprint density at radius 1 is 1.16 bits per heavy atom. The van der Waals surface area contributed by atoms with Gasteiger partial charge in [-0.05, 0) is 46.4 Å². The van der Waals surface area contributed by atoms with Gasteiger partial charge in [0.05, 0.1) is 7.11 Å². The first-order valence-corrected chi connectivity index (χ1v) is 6.67. The molecule has 0 aromatic heterocycles. The predicted molar refractivity (Wildman–Crippen MR) is 77.1 cm³/mol. The molecule has 2 aromatic rings. The zero-order valence-corrected chi connectivity index (χ0v) is 11.6. The first-order valence-electron chi connectivity index (χ1n) is 6.67. The Kier molecular flexibility index (Phi) is 2.63. The minimum atomic E-state index is 0.0807. The van der Waals surface area contributed by atoms with Gasteiger partial charge in [-0.1, -0.05) is 26.0 Å². The summed E-state index contributed by atoms with van der Waals surface area (Å²) in [4.78, 5) is 12.3. The summed E-state index contributed by atoms with van der Waals surface area (Å²) in [7, 11) is 1.66. The Morgan fingerprint density at radius 3 is 2.68 bits per heavy atom. The second-order valence-electron chi connectivity index (χ2n) is 5.88. The second kappa shape index (κ2) is 4.09. The van der Waals surface area contributed by atoms with Crippen LogP contribution in [0.3, 0.4) is 0 Å². The summed E-state index contributed by atoms with van der Waals surface area (Å²) in [5.74, 6) is 1.10. The maximum Gasteiger partial charge on any atom is 0.163 e. The van der Waals surface area contributed by atoms with Crippen molar-refractivity contribution in [1.29, 1.82) is 0 Å². The van der Waals surface area contributed by atoms with Crippen LogP contribution in [0.2, 0.25) is 0 Å². The van der Waals surface area contributed by atoms with Gasteiger partial charge in [0.25, 0.3) is 0 Å². The van der Waals surface area contributed by atoms with Gasteiger partial charge in [0.1, 0.15) is 5.75 Å². The van der Waals surface area contributed by atoms with Crippen LogP contribution in [0.25, 0.3) is 10.8 Å². The lowest BCUT2D eigenvalue weighted by molar-refractivity contribution is 0.0958. The smallest absolute Gasteiger partial charge is 0.163 e. The minimum absolute atomic E-state index is 0.0807. The van der Waals surface area contributed by atoms with Crippen LogP contribution in [0.5, 0.6) is 5.75 Å². The van der Waals surface area contributed by atoms with Crippen LogP contribution >= 0.6 is 0 Å². The van der Waals surface area contributed by atoms with Crippen LogP contribution in [0, 0.1) is 0 Å². The molecule has 2 heteroatoms.